The number of aliphatic imine (C=N–C) groups is 1. The fraction of sp³-hybridized carbons (Fsp3) is 0.250. The van der Waals surface area contributed by atoms with Crippen molar-refractivity contribution in [3.8, 4) is 0 Å². The fourth-order valence-electron chi connectivity index (χ4n) is 6.91. The molecule has 5 rings (SSSR count). The zero-order valence-electron chi connectivity index (χ0n) is 35.2. The molecule has 1 fully saturated rings. The second-order valence-corrected chi connectivity index (χ2v) is 15.3. The maximum Gasteiger partial charge on any atom is 0.251 e. The molecule has 0 bridgehead atoms. The van der Waals surface area contributed by atoms with Gasteiger partial charge < -0.3 is 32.3 Å². The van der Waals surface area contributed by atoms with Crippen LogP contribution in [-0.4, -0.2) is 95.5 Å². The summed E-state index contributed by atoms with van der Waals surface area (Å²) in [5, 5.41) is 7.64. The zero-order valence-corrected chi connectivity index (χ0v) is 35.9. The van der Waals surface area contributed by atoms with Crippen LogP contribution in [0.4, 0.5) is 8.78 Å². The van der Waals surface area contributed by atoms with Crippen LogP contribution in [0.2, 0.25) is 0 Å². The zero-order chi connectivity index (χ0) is 46.9. The first-order valence-corrected chi connectivity index (χ1v) is 21.2. The van der Waals surface area contributed by atoms with Gasteiger partial charge in [-0.2, -0.15) is 0 Å². The fourth-order valence-corrected chi connectivity index (χ4v) is 7.09. The van der Waals surface area contributed by atoms with Crippen molar-refractivity contribution in [2.45, 2.75) is 50.2 Å². The second-order valence-electron chi connectivity index (χ2n) is 15.1. The summed E-state index contributed by atoms with van der Waals surface area (Å²) < 4.78 is 29.4. The number of hydrogen-bond acceptors (Lipinski definition) is 8. The lowest BCUT2D eigenvalue weighted by Gasteiger charge is -2.30. The minimum absolute atomic E-state index is 0.0553. The van der Waals surface area contributed by atoms with Gasteiger partial charge >= 0.3 is 0 Å². The number of rotatable bonds is 20. The lowest BCUT2D eigenvalue weighted by molar-refractivity contribution is -0.135. The maximum atomic E-state index is 14.7. The number of ketones is 3. The van der Waals surface area contributed by atoms with Gasteiger partial charge in [-0.1, -0.05) is 97.1 Å². The van der Waals surface area contributed by atoms with Crippen LogP contribution in [0.15, 0.2) is 125 Å². The molecular formula is C48H48ClF2N7O7. The van der Waals surface area contributed by atoms with E-state index in [2.05, 4.69) is 20.9 Å². The molecule has 1 aliphatic rings. The Hall–Kier alpha value is -7.33. The van der Waals surface area contributed by atoms with Crippen molar-refractivity contribution in [3.63, 3.8) is 0 Å². The summed E-state index contributed by atoms with van der Waals surface area (Å²) in [5.74, 6) is -6.94. The van der Waals surface area contributed by atoms with Gasteiger partial charge in [0.05, 0.1) is 11.9 Å². The molecular weight excluding hydrogens is 860 g/mol. The van der Waals surface area contributed by atoms with Crippen LogP contribution in [-0.2, 0) is 35.2 Å². The summed E-state index contributed by atoms with van der Waals surface area (Å²) in [4.78, 5) is 101. The standard InChI is InChI=1S/C48H48ClF2N7O7/c49-27-40(59)38(20-11-23-54-48(52)53)56-47(65)43(45(63)31-14-5-2-6-15-31)57-46(64)39(24-30-12-3-1-4-13-30)55-41(60)21-22-42(61)58-28-34(25-32-16-7-9-18-36(32)50)44(62)35(29-58)26-33-17-8-10-19-37(33)51/h1-10,12-19,25-26,38-39,43H,11,20-24,27-29H2,(H,55,60)(H,56,65)(H,57,64)(H4,52,53,54)/b34-25+,35-26+/t38-,39-,43+/m1/s1. The van der Waals surface area contributed by atoms with Crippen molar-refractivity contribution in [1.29, 1.82) is 0 Å². The quantitative estimate of drug-likeness (QED) is 0.0164. The van der Waals surface area contributed by atoms with Crippen molar-refractivity contribution in [1.82, 2.24) is 20.9 Å². The van der Waals surface area contributed by atoms with Gasteiger partial charge in [-0.15, -0.1) is 11.6 Å². The number of carbonyl (C=O) groups is 7. The van der Waals surface area contributed by atoms with Gasteiger partial charge in [-0.25, -0.2) is 8.78 Å². The molecule has 7 N–H and O–H groups in total. The Kier molecular flexibility index (Phi) is 17.9. The summed E-state index contributed by atoms with van der Waals surface area (Å²) in [6.45, 7) is -0.319. The molecule has 0 aromatic heterocycles. The van der Waals surface area contributed by atoms with Crippen LogP contribution in [0.5, 0.6) is 0 Å². The van der Waals surface area contributed by atoms with Gasteiger partial charge in [0.15, 0.2) is 29.4 Å². The summed E-state index contributed by atoms with van der Waals surface area (Å²) >= 11 is 5.85. The molecule has 0 saturated carbocycles. The molecule has 3 atom stereocenters. The van der Waals surface area contributed by atoms with Gasteiger partial charge in [0.2, 0.25) is 17.7 Å². The predicted molar refractivity (Wildman–Crippen MR) is 242 cm³/mol. The molecule has 17 heteroatoms. The largest absolute Gasteiger partial charge is 0.370 e. The Balaban J connectivity index is 1.35. The van der Waals surface area contributed by atoms with Gasteiger partial charge in [0, 0.05) is 66.7 Å². The highest BCUT2D eigenvalue weighted by atomic mass is 35.5. The number of Topliss-reactive ketones (excluding diaryl/α,β-unsaturated/α-hetero) is 3. The van der Waals surface area contributed by atoms with Crippen molar-refractivity contribution < 1.29 is 42.3 Å². The number of nitrogens with one attached hydrogen (secondary N) is 3. The molecule has 0 spiro atoms. The van der Waals surface area contributed by atoms with E-state index in [4.69, 9.17) is 23.1 Å². The summed E-state index contributed by atoms with van der Waals surface area (Å²) in [7, 11) is 0. The number of guanidine groups is 1. The molecule has 1 aliphatic heterocycles. The Bertz CT molecular complexity index is 2410. The molecule has 4 amide bonds. The number of nitrogens with two attached hydrogens (primary N) is 2. The molecule has 0 unspecified atom stereocenters. The second kappa shape index (κ2) is 23.9. The highest BCUT2D eigenvalue weighted by molar-refractivity contribution is 6.28. The Morgan fingerprint density at radius 2 is 1.26 bits per heavy atom. The smallest absolute Gasteiger partial charge is 0.251 e. The number of nitrogens with zero attached hydrogens (tertiary/aromatic N) is 2. The van der Waals surface area contributed by atoms with Crippen molar-refractivity contribution in [3.05, 3.63) is 154 Å². The number of likely N-dealkylation sites (tertiary alicyclic amines) is 1. The monoisotopic (exact) mass is 907 g/mol. The van der Waals surface area contributed by atoms with E-state index in [1.165, 1.54) is 65.6 Å². The molecule has 0 aliphatic carbocycles. The number of alkyl halides is 1. The summed E-state index contributed by atoms with van der Waals surface area (Å²) in [6, 6.07) is 23.4. The molecule has 0 radical (unpaired) electrons. The number of amides is 4. The van der Waals surface area contributed by atoms with Crippen LogP contribution in [0, 0.1) is 11.6 Å². The predicted octanol–water partition coefficient (Wildman–Crippen LogP) is 4.06. The first kappa shape index (κ1) is 48.7. The lowest BCUT2D eigenvalue weighted by Crippen LogP contribution is -2.59. The van der Waals surface area contributed by atoms with Crippen LogP contribution < -0.4 is 27.4 Å². The van der Waals surface area contributed by atoms with E-state index in [0.29, 0.717) is 5.56 Å². The molecule has 4 aromatic rings. The topological polar surface area (TPSA) is 223 Å². The molecule has 65 heavy (non-hydrogen) atoms. The number of benzene rings is 4. The van der Waals surface area contributed by atoms with Gasteiger partial charge in [-0.3, -0.25) is 38.6 Å². The average Bonchev–Trinajstić information content (AvgIpc) is 3.30. The number of halogens is 3. The van der Waals surface area contributed by atoms with Crippen LogP contribution in [0.1, 0.15) is 52.7 Å². The van der Waals surface area contributed by atoms with E-state index >= 15 is 0 Å². The molecule has 4 aromatic carbocycles. The maximum absolute atomic E-state index is 14.7. The Morgan fingerprint density at radius 1 is 0.708 bits per heavy atom. The number of carbonyl (C=O) groups excluding carboxylic acids is 7. The van der Waals surface area contributed by atoms with Crippen LogP contribution in [0.25, 0.3) is 12.2 Å². The molecule has 1 saturated heterocycles. The number of hydrogen-bond donors (Lipinski definition) is 5. The van der Waals surface area contributed by atoms with E-state index in [1.54, 1.807) is 60.7 Å². The summed E-state index contributed by atoms with van der Waals surface area (Å²) in [5.41, 5.74) is 11.8. The van der Waals surface area contributed by atoms with E-state index in [9.17, 15) is 42.3 Å². The Labute approximate surface area is 379 Å². The van der Waals surface area contributed by atoms with Gasteiger partial charge in [0.25, 0.3) is 5.91 Å². The third-order valence-corrected chi connectivity index (χ3v) is 10.5. The minimum Gasteiger partial charge on any atom is -0.370 e. The highest BCUT2D eigenvalue weighted by Crippen LogP contribution is 2.25. The summed E-state index contributed by atoms with van der Waals surface area (Å²) in [6.07, 6.45) is 2.04. The van der Waals surface area contributed by atoms with E-state index in [1.807, 2.05) is 0 Å². The van der Waals surface area contributed by atoms with Crippen molar-refractivity contribution in [2.24, 2.45) is 16.5 Å². The minimum atomic E-state index is -1.87. The SMILES string of the molecule is NC(N)=NCCC[C@@H](NC(=O)[C@@H](NC(=O)[C@@H](Cc1ccccc1)NC(=O)CCC(=O)N1C/C(=C\c2ccccc2F)C(=O)/C(=C/c2ccccc2F)C1)C(=O)c1ccccc1)C(=O)CCl. The van der Waals surface area contributed by atoms with E-state index in [0.717, 1.165) is 0 Å². The third kappa shape index (κ3) is 14.3. The van der Waals surface area contributed by atoms with Gasteiger partial charge in [0.1, 0.15) is 17.7 Å². The number of piperidine rings is 1. The normalized spacial score (nSPS) is 15.1. The van der Waals surface area contributed by atoms with Crippen LogP contribution in [0.3, 0.4) is 0 Å². The van der Waals surface area contributed by atoms with E-state index in [-0.39, 0.29) is 72.7 Å². The third-order valence-electron chi connectivity index (χ3n) is 10.3. The molecule has 338 valence electrons. The van der Waals surface area contributed by atoms with Crippen molar-refractivity contribution in [2.75, 3.05) is 25.5 Å². The first-order valence-electron chi connectivity index (χ1n) is 20.6. The molecule has 14 nitrogen and oxygen atoms in total. The highest BCUT2D eigenvalue weighted by Gasteiger charge is 2.35. The first-order chi connectivity index (χ1) is 31.2. The van der Waals surface area contributed by atoms with Crippen LogP contribution >= 0.6 is 11.6 Å². The van der Waals surface area contributed by atoms with E-state index < -0.39 is 89.5 Å². The lowest BCUT2D eigenvalue weighted by atomic mass is 9.93. The molecule has 1 heterocycles. The van der Waals surface area contributed by atoms with Crippen molar-refractivity contribution >= 4 is 70.7 Å². The Morgan fingerprint density at radius 3 is 1.82 bits per heavy atom. The van der Waals surface area contributed by atoms with Gasteiger partial charge in [-0.05, 0) is 42.7 Å². The average molecular weight is 908 g/mol.